The van der Waals surface area contributed by atoms with Crippen molar-refractivity contribution in [3.8, 4) is 0 Å². The van der Waals surface area contributed by atoms with Gasteiger partial charge in [-0.25, -0.2) is 4.57 Å². The van der Waals surface area contributed by atoms with Crippen LogP contribution in [0.25, 0.3) is 0 Å². The molecule has 0 fully saturated rings. The first-order valence-electron chi connectivity index (χ1n) is 23.5. The van der Waals surface area contributed by atoms with Gasteiger partial charge in [0.15, 0.2) is 6.10 Å². The molecule has 9 heteroatoms. The fraction of sp³-hybridized carbons (Fsp3) is 0.913. The highest BCUT2D eigenvalue weighted by atomic mass is 31.2. The van der Waals surface area contributed by atoms with E-state index in [9.17, 15) is 14.2 Å². The molecular formula is C46H89O8P. The Morgan fingerprint density at radius 1 is 0.455 bits per heavy atom. The highest BCUT2D eigenvalue weighted by Gasteiger charge is 2.23. The Kier molecular flexibility index (Phi) is 41.5. The monoisotopic (exact) mass is 801 g/mol. The van der Waals surface area contributed by atoms with Crippen molar-refractivity contribution in [3.63, 3.8) is 0 Å². The standard InChI is InChI=1S/C46H89O8P/c1-3-5-7-9-11-13-15-17-19-20-21-22-23-24-25-27-29-31-33-35-37-39-41-46(48)54-44(43-53-55(49,50)51)42-52-45(47)40-38-36-34-32-30-28-26-18-16-14-12-10-8-6-4-2/h30,32,44H,3-29,31,33-43H2,1-2H3,(H2,49,50,51)/b32-30+/t44-/m1/s1. The lowest BCUT2D eigenvalue weighted by Crippen LogP contribution is -2.29. The molecule has 0 amide bonds. The number of unbranched alkanes of at least 4 members (excludes halogenated alkanes) is 32. The average Bonchev–Trinajstić information content (AvgIpc) is 3.16. The summed E-state index contributed by atoms with van der Waals surface area (Å²) >= 11 is 0. The zero-order chi connectivity index (χ0) is 40.3. The Morgan fingerprint density at radius 3 is 1.15 bits per heavy atom. The summed E-state index contributed by atoms with van der Waals surface area (Å²) in [5, 5.41) is 0. The molecular weight excluding hydrogens is 711 g/mol. The Bertz CT molecular complexity index is 904. The van der Waals surface area contributed by atoms with Crippen LogP contribution in [0.2, 0.25) is 0 Å². The molecule has 0 unspecified atom stereocenters. The summed E-state index contributed by atoms with van der Waals surface area (Å²) < 4.78 is 26.4. The third-order valence-corrected chi connectivity index (χ3v) is 11.0. The number of phosphoric ester groups is 1. The Morgan fingerprint density at radius 2 is 0.764 bits per heavy atom. The SMILES string of the molecule is CCCCCCCCCCC/C=C/CCCCC(=O)OC[C@H](COP(=O)(O)O)OC(=O)CCCCCCCCCCCCCCCCCCCCCCCC. The molecule has 0 saturated carbocycles. The van der Waals surface area contributed by atoms with Gasteiger partial charge in [-0.15, -0.1) is 0 Å². The van der Waals surface area contributed by atoms with E-state index >= 15 is 0 Å². The molecule has 0 radical (unpaired) electrons. The minimum atomic E-state index is -4.75. The lowest BCUT2D eigenvalue weighted by molar-refractivity contribution is -0.161. The van der Waals surface area contributed by atoms with Gasteiger partial charge in [0.05, 0.1) is 6.61 Å². The summed E-state index contributed by atoms with van der Waals surface area (Å²) in [5.41, 5.74) is 0. The summed E-state index contributed by atoms with van der Waals surface area (Å²) in [6.45, 7) is 3.71. The first-order chi connectivity index (χ1) is 26.8. The molecule has 2 N–H and O–H groups in total. The Labute approximate surface area is 339 Å². The number of ether oxygens (including phenoxy) is 2. The number of allylic oxidation sites excluding steroid dienone is 2. The van der Waals surface area contributed by atoms with E-state index in [1.165, 1.54) is 173 Å². The van der Waals surface area contributed by atoms with Gasteiger partial charge < -0.3 is 19.3 Å². The van der Waals surface area contributed by atoms with Crippen molar-refractivity contribution in [1.82, 2.24) is 0 Å². The minimum absolute atomic E-state index is 0.214. The summed E-state index contributed by atoms with van der Waals surface area (Å²) in [6.07, 6.45) is 48.0. The third-order valence-electron chi connectivity index (χ3n) is 10.5. The first kappa shape index (κ1) is 53.8. The van der Waals surface area contributed by atoms with E-state index in [1.807, 2.05) is 0 Å². The second-order valence-corrected chi connectivity index (χ2v) is 17.3. The fourth-order valence-electron chi connectivity index (χ4n) is 7.02. The van der Waals surface area contributed by atoms with E-state index in [2.05, 4.69) is 30.5 Å². The van der Waals surface area contributed by atoms with E-state index in [1.54, 1.807) is 0 Å². The molecule has 0 aliphatic rings. The molecule has 0 aromatic heterocycles. The summed E-state index contributed by atoms with van der Waals surface area (Å²) in [5.74, 6) is -0.895. The largest absolute Gasteiger partial charge is 0.469 e. The molecule has 55 heavy (non-hydrogen) atoms. The maximum Gasteiger partial charge on any atom is 0.469 e. The molecule has 0 spiro atoms. The molecule has 326 valence electrons. The van der Waals surface area contributed by atoms with Crippen molar-refractivity contribution < 1.29 is 37.9 Å². The fourth-order valence-corrected chi connectivity index (χ4v) is 7.38. The van der Waals surface area contributed by atoms with Crippen LogP contribution in [0.5, 0.6) is 0 Å². The van der Waals surface area contributed by atoms with Crippen LogP contribution in [0.15, 0.2) is 12.2 Å². The zero-order valence-corrected chi connectivity index (χ0v) is 37.0. The van der Waals surface area contributed by atoms with Crippen LogP contribution in [0.3, 0.4) is 0 Å². The molecule has 0 aliphatic heterocycles. The Hall–Kier alpha value is -1.21. The average molecular weight is 801 g/mol. The highest BCUT2D eigenvalue weighted by Crippen LogP contribution is 2.36. The summed E-state index contributed by atoms with van der Waals surface area (Å²) in [6, 6.07) is 0. The first-order valence-corrected chi connectivity index (χ1v) is 25.0. The van der Waals surface area contributed by atoms with E-state index in [0.29, 0.717) is 12.8 Å². The molecule has 0 rings (SSSR count). The topological polar surface area (TPSA) is 119 Å². The number of esters is 2. The lowest BCUT2D eigenvalue weighted by atomic mass is 10.0. The normalized spacial score (nSPS) is 12.4. The summed E-state index contributed by atoms with van der Waals surface area (Å²) in [4.78, 5) is 42.9. The second kappa shape index (κ2) is 42.4. The molecule has 0 aromatic carbocycles. The van der Waals surface area contributed by atoms with Crippen LogP contribution in [-0.4, -0.2) is 41.0 Å². The molecule has 0 saturated heterocycles. The van der Waals surface area contributed by atoms with Gasteiger partial charge in [-0.1, -0.05) is 212 Å². The van der Waals surface area contributed by atoms with Gasteiger partial charge in [-0.05, 0) is 38.5 Å². The van der Waals surface area contributed by atoms with Crippen molar-refractivity contribution in [2.24, 2.45) is 0 Å². The van der Waals surface area contributed by atoms with Gasteiger partial charge in [0, 0.05) is 12.8 Å². The smallest absolute Gasteiger partial charge is 0.462 e. The maximum absolute atomic E-state index is 12.4. The van der Waals surface area contributed by atoms with Gasteiger partial charge in [0.2, 0.25) is 0 Å². The second-order valence-electron chi connectivity index (χ2n) is 16.1. The van der Waals surface area contributed by atoms with E-state index in [-0.39, 0.29) is 19.4 Å². The van der Waals surface area contributed by atoms with Crippen molar-refractivity contribution in [2.75, 3.05) is 13.2 Å². The highest BCUT2D eigenvalue weighted by molar-refractivity contribution is 7.46. The van der Waals surface area contributed by atoms with Crippen molar-refractivity contribution in [2.45, 2.75) is 258 Å². The van der Waals surface area contributed by atoms with Crippen LogP contribution < -0.4 is 0 Å². The predicted molar refractivity (Wildman–Crippen MR) is 230 cm³/mol. The predicted octanol–water partition coefficient (Wildman–Crippen LogP) is 14.6. The number of hydrogen-bond donors (Lipinski definition) is 2. The number of hydrogen-bond acceptors (Lipinski definition) is 6. The molecule has 8 nitrogen and oxygen atoms in total. The number of carbonyl (C=O) groups is 2. The van der Waals surface area contributed by atoms with Gasteiger partial charge in [-0.3, -0.25) is 14.1 Å². The molecule has 1 atom stereocenters. The molecule has 0 aromatic rings. The van der Waals surface area contributed by atoms with Gasteiger partial charge in [0.1, 0.15) is 6.61 Å². The van der Waals surface area contributed by atoms with E-state index in [4.69, 9.17) is 19.3 Å². The Balaban J connectivity index is 3.82. The maximum atomic E-state index is 12.4. The van der Waals surface area contributed by atoms with Crippen molar-refractivity contribution in [1.29, 1.82) is 0 Å². The third kappa shape index (κ3) is 45.4. The van der Waals surface area contributed by atoms with Gasteiger partial charge in [-0.2, -0.15) is 0 Å². The quantitative estimate of drug-likeness (QED) is 0.0271. The van der Waals surface area contributed by atoms with E-state index < -0.39 is 32.5 Å². The molecule has 0 heterocycles. The van der Waals surface area contributed by atoms with Gasteiger partial charge >= 0.3 is 19.8 Å². The van der Waals surface area contributed by atoms with Crippen molar-refractivity contribution in [3.05, 3.63) is 12.2 Å². The van der Waals surface area contributed by atoms with Crippen molar-refractivity contribution >= 4 is 19.8 Å². The van der Waals surface area contributed by atoms with Crippen LogP contribution in [-0.2, 0) is 28.2 Å². The number of carbonyl (C=O) groups excluding carboxylic acids is 2. The van der Waals surface area contributed by atoms with Crippen LogP contribution in [0.1, 0.15) is 251 Å². The number of phosphoric acid groups is 1. The van der Waals surface area contributed by atoms with Crippen LogP contribution in [0.4, 0.5) is 0 Å². The summed E-state index contributed by atoms with van der Waals surface area (Å²) in [7, 11) is -4.75. The van der Waals surface area contributed by atoms with Crippen LogP contribution >= 0.6 is 7.82 Å². The molecule has 0 aliphatic carbocycles. The molecule has 0 bridgehead atoms. The zero-order valence-electron chi connectivity index (χ0n) is 36.1. The lowest BCUT2D eigenvalue weighted by Gasteiger charge is -2.18. The van der Waals surface area contributed by atoms with E-state index in [0.717, 1.165) is 38.5 Å². The van der Waals surface area contributed by atoms with Crippen LogP contribution in [0, 0.1) is 0 Å². The minimum Gasteiger partial charge on any atom is -0.462 e. The number of rotatable bonds is 44. The van der Waals surface area contributed by atoms with Gasteiger partial charge in [0.25, 0.3) is 0 Å².